The first-order valence-corrected chi connectivity index (χ1v) is 6.11. The molecule has 0 aliphatic carbocycles. The van der Waals surface area contributed by atoms with Gasteiger partial charge in [-0.2, -0.15) is 0 Å². The number of hydrogen-bond donors (Lipinski definition) is 1. The minimum Gasteiger partial charge on any atom is -0.375 e. The standard InChI is InChI=1S/C15H16N2O2/c1-11-8-12(2)15(14(9-11)17(18)19)16-10-13-6-4-3-5-7-13/h3-9,16H,10H2,1-2H3. The largest absolute Gasteiger partial charge is 0.375 e. The number of benzene rings is 2. The van der Waals surface area contributed by atoms with E-state index >= 15 is 0 Å². The van der Waals surface area contributed by atoms with Crippen LogP contribution in [0, 0.1) is 24.0 Å². The third-order valence-corrected chi connectivity index (χ3v) is 2.97. The van der Waals surface area contributed by atoms with Crippen LogP contribution in [0.3, 0.4) is 0 Å². The van der Waals surface area contributed by atoms with Crippen LogP contribution in [-0.2, 0) is 6.54 Å². The van der Waals surface area contributed by atoms with Gasteiger partial charge in [-0.25, -0.2) is 0 Å². The van der Waals surface area contributed by atoms with E-state index in [-0.39, 0.29) is 10.6 Å². The zero-order valence-electron chi connectivity index (χ0n) is 11.0. The highest BCUT2D eigenvalue weighted by Gasteiger charge is 2.16. The van der Waals surface area contributed by atoms with Gasteiger partial charge >= 0.3 is 0 Å². The fourth-order valence-corrected chi connectivity index (χ4v) is 2.11. The Balaban J connectivity index is 2.27. The Morgan fingerprint density at radius 2 is 1.84 bits per heavy atom. The van der Waals surface area contributed by atoms with E-state index in [1.54, 1.807) is 6.07 Å². The van der Waals surface area contributed by atoms with E-state index in [0.717, 1.165) is 16.7 Å². The minimum atomic E-state index is -0.340. The molecule has 2 rings (SSSR count). The van der Waals surface area contributed by atoms with Gasteiger partial charge in [-0.15, -0.1) is 0 Å². The molecule has 2 aromatic carbocycles. The number of nitrogens with zero attached hydrogens (tertiary/aromatic N) is 1. The topological polar surface area (TPSA) is 55.2 Å². The summed E-state index contributed by atoms with van der Waals surface area (Å²) in [5.41, 5.74) is 3.61. The molecule has 0 aromatic heterocycles. The number of anilines is 1. The van der Waals surface area contributed by atoms with Gasteiger partial charge in [0.05, 0.1) is 4.92 Å². The van der Waals surface area contributed by atoms with Crippen molar-refractivity contribution in [3.63, 3.8) is 0 Å². The predicted octanol–water partition coefficient (Wildman–Crippen LogP) is 3.82. The molecular formula is C15H16N2O2. The second-order valence-electron chi connectivity index (χ2n) is 4.57. The van der Waals surface area contributed by atoms with Crippen molar-refractivity contribution in [2.24, 2.45) is 0 Å². The maximum atomic E-state index is 11.1. The maximum Gasteiger partial charge on any atom is 0.292 e. The molecule has 1 N–H and O–H groups in total. The van der Waals surface area contributed by atoms with E-state index < -0.39 is 0 Å². The molecule has 19 heavy (non-hydrogen) atoms. The molecule has 0 fully saturated rings. The van der Waals surface area contributed by atoms with E-state index in [9.17, 15) is 10.1 Å². The molecule has 0 radical (unpaired) electrons. The minimum absolute atomic E-state index is 0.133. The van der Waals surface area contributed by atoms with E-state index in [2.05, 4.69) is 5.32 Å². The summed E-state index contributed by atoms with van der Waals surface area (Å²) in [6.45, 7) is 4.32. The molecule has 0 amide bonds. The van der Waals surface area contributed by atoms with Gasteiger partial charge in [0.15, 0.2) is 0 Å². The molecule has 0 spiro atoms. The number of aryl methyl sites for hydroxylation is 2. The lowest BCUT2D eigenvalue weighted by atomic mass is 10.1. The van der Waals surface area contributed by atoms with Gasteiger partial charge in [0.25, 0.3) is 5.69 Å². The summed E-state index contributed by atoms with van der Waals surface area (Å²) in [6, 6.07) is 13.4. The molecule has 0 saturated carbocycles. The summed E-state index contributed by atoms with van der Waals surface area (Å²) in [7, 11) is 0. The van der Waals surface area contributed by atoms with Crippen molar-refractivity contribution in [3.05, 3.63) is 69.3 Å². The van der Waals surface area contributed by atoms with Crippen LogP contribution < -0.4 is 5.32 Å². The van der Waals surface area contributed by atoms with Gasteiger partial charge in [0.2, 0.25) is 0 Å². The van der Waals surface area contributed by atoms with Crippen LogP contribution in [0.25, 0.3) is 0 Å². The van der Waals surface area contributed by atoms with Crippen molar-refractivity contribution in [2.75, 3.05) is 5.32 Å². The predicted molar refractivity (Wildman–Crippen MR) is 76.3 cm³/mol. The summed E-state index contributed by atoms with van der Waals surface area (Å²) in [5, 5.41) is 14.3. The fraction of sp³-hybridized carbons (Fsp3) is 0.200. The molecule has 0 heterocycles. The SMILES string of the molecule is Cc1cc(C)c(NCc2ccccc2)c([N+](=O)[O-])c1. The molecule has 4 nitrogen and oxygen atoms in total. The van der Waals surface area contributed by atoms with Crippen LogP contribution in [0.15, 0.2) is 42.5 Å². The molecule has 0 unspecified atom stereocenters. The normalized spacial score (nSPS) is 10.2. The molecule has 0 saturated heterocycles. The molecule has 0 aliphatic heterocycles. The van der Waals surface area contributed by atoms with E-state index in [1.807, 2.05) is 50.2 Å². The van der Waals surface area contributed by atoms with Crippen molar-refractivity contribution in [1.29, 1.82) is 0 Å². The average Bonchev–Trinajstić information content (AvgIpc) is 2.38. The number of nitro benzene ring substituents is 1. The molecule has 0 bridgehead atoms. The van der Waals surface area contributed by atoms with Crippen molar-refractivity contribution >= 4 is 11.4 Å². The van der Waals surface area contributed by atoms with Crippen molar-refractivity contribution < 1.29 is 4.92 Å². The van der Waals surface area contributed by atoms with E-state index in [0.29, 0.717) is 12.2 Å². The second kappa shape index (κ2) is 5.52. The smallest absolute Gasteiger partial charge is 0.292 e. The lowest BCUT2D eigenvalue weighted by Gasteiger charge is -2.11. The van der Waals surface area contributed by atoms with Crippen LogP contribution in [0.5, 0.6) is 0 Å². The van der Waals surface area contributed by atoms with Gasteiger partial charge in [-0.1, -0.05) is 36.4 Å². The Bertz CT molecular complexity index is 595. The van der Waals surface area contributed by atoms with Crippen LogP contribution in [0.1, 0.15) is 16.7 Å². The van der Waals surface area contributed by atoms with Crippen LogP contribution in [0.2, 0.25) is 0 Å². The molecule has 0 aliphatic rings. The zero-order valence-corrected chi connectivity index (χ0v) is 11.0. The molecule has 0 atom stereocenters. The molecule has 98 valence electrons. The lowest BCUT2D eigenvalue weighted by Crippen LogP contribution is -2.04. The van der Waals surface area contributed by atoms with E-state index in [1.165, 1.54) is 0 Å². The Morgan fingerprint density at radius 1 is 1.16 bits per heavy atom. The summed E-state index contributed by atoms with van der Waals surface area (Å²) in [5.74, 6) is 0. The maximum absolute atomic E-state index is 11.1. The highest BCUT2D eigenvalue weighted by molar-refractivity contribution is 5.67. The van der Waals surface area contributed by atoms with E-state index in [4.69, 9.17) is 0 Å². The van der Waals surface area contributed by atoms with Crippen molar-refractivity contribution in [2.45, 2.75) is 20.4 Å². The Labute approximate surface area is 112 Å². The summed E-state index contributed by atoms with van der Waals surface area (Å²) in [4.78, 5) is 10.8. The van der Waals surface area contributed by atoms with Crippen LogP contribution in [0.4, 0.5) is 11.4 Å². The number of hydrogen-bond acceptors (Lipinski definition) is 3. The highest BCUT2D eigenvalue weighted by atomic mass is 16.6. The van der Waals surface area contributed by atoms with Crippen molar-refractivity contribution in [1.82, 2.24) is 0 Å². The molecular weight excluding hydrogens is 240 g/mol. The Morgan fingerprint density at radius 3 is 2.47 bits per heavy atom. The Hall–Kier alpha value is -2.36. The molecule has 2 aromatic rings. The van der Waals surface area contributed by atoms with Gasteiger partial charge in [0, 0.05) is 12.6 Å². The number of rotatable bonds is 4. The second-order valence-corrected chi connectivity index (χ2v) is 4.57. The third kappa shape index (κ3) is 3.10. The van der Waals surface area contributed by atoms with Crippen LogP contribution in [-0.4, -0.2) is 4.92 Å². The third-order valence-electron chi connectivity index (χ3n) is 2.97. The quantitative estimate of drug-likeness (QED) is 0.668. The summed E-state index contributed by atoms with van der Waals surface area (Å²) < 4.78 is 0. The van der Waals surface area contributed by atoms with Gasteiger partial charge < -0.3 is 5.32 Å². The van der Waals surface area contributed by atoms with Gasteiger partial charge in [-0.05, 0) is 30.5 Å². The van der Waals surface area contributed by atoms with Crippen molar-refractivity contribution in [3.8, 4) is 0 Å². The number of nitro groups is 1. The van der Waals surface area contributed by atoms with Gasteiger partial charge in [-0.3, -0.25) is 10.1 Å². The first-order chi connectivity index (χ1) is 9.08. The first-order valence-electron chi connectivity index (χ1n) is 6.11. The average molecular weight is 256 g/mol. The zero-order chi connectivity index (χ0) is 13.8. The fourth-order valence-electron chi connectivity index (χ4n) is 2.11. The highest BCUT2D eigenvalue weighted by Crippen LogP contribution is 2.29. The summed E-state index contributed by atoms with van der Waals surface area (Å²) >= 11 is 0. The Kier molecular flexibility index (Phi) is 3.80. The van der Waals surface area contributed by atoms with Gasteiger partial charge in [0.1, 0.15) is 5.69 Å². The number of nitrogens with one attached hydrogen (secondary N) is 1. The first kappa shape index (κ1) is 13.1. The lowest BCUT2D eigenvalue weighted by molar-refractivity contribution is -0.384. The molecule has 4 heteroatoms. The van der Waals surface area contributed by atoms with Crippen LogP contribution >= 0.6 is 0 Å². The monoisotopic (exact) mass is 256 g/mol. The summed E-state index contributed by atoms with van der Waals surface area (Å²) in [6.07, 6.45) is 0.